The molecule has 0 unspecified atom stereocenters. The molecule has 24 heavy (non-hydrogen) atoms. The number of methoxy groups -OCH3 is 2. The third-order valence-corrected chi connectivity index (χ3v) is 3.64. The Morgan fingerprint density at radius 1 is 1.12 bits per heavy atom. The lowest BCUT2D eigenvalue weighted by molar-refractivity contribution is 0.252. The maximum Gasteiger partial charge on any atom is 0.319 e. The molecule has 0 saturated carbocycles. The van der Waals surface area contributed by atoms with Crippen molar-refractivity contribution in [2.45, 2.75) is 6.42 Å². The summed E-state index contributed by atoms with van der Waals surface area (Å²) in [7, 11) is 3.14. The van der Waals surface area contributed by atoms with Gasteiger partial charge in [0.2, 0.25) is 0 Å². The first-order valence-electron chi connectivity index (χ1n) is 7.24. The molecule has 0 aliphatic carbocycles. The zero-order valence-electron chi connectivity index (χ0n) is 13.4. The van der Waals surface area contributed by atoms with Gasteiger partial charge in [-0.25, -0.2) is 9.18 Å². The zero-order chi connectivity index (χ0) is 17.5. The van der Waals surface area contributed by atoms with Crippen molar-refractivity contribution in [3.8, 4) is 11.5 Å². The summed E-state index contributed by atoms with van der Waals surface area (Å²) in [4.78, 5) is 11.8. The average Bonchev–Trinajstić information content (AvgIpc) is 2.57. The fraction of sp³-hybridized carbons (Fsp3) is 0.235. The van der Waals surface area contributed by atoms with Crippen LogP contribution in [0.25, 0.3) is 0 Å². The Kier molecular flexibility index (Phi) is 6.26. The van der Waals surface area contributed by atoms with Gasteiger partial charge in [0.05, 0.1) is 24.9 Å². The minimum atomic E-state index is -0.459. The van der Waals surface area contributed by atoms with E-state index in [1.165, 1.54) is 12.1 Å². The van der Waals surface area contributed by atoms with E-state index in [-0.39, 0.29) is 5.02 Å². The number of hydrogen-bond acceptors (Lipinski definition) is 3. The Bertz CT molecular complexity index is 725. The molecule has 5 nitrogen and oxygen atoms in total. The van der Waals surface area contributed by atoms with Crippen LogP contribution in [0.5, 0.6) is 11.5 Å². The lowest BCUT2D eigenvalue weighted by atomic mass is 10.1. The Morgan fingerprint density at radius 3 is 2.54 bits per heavy atom. The van der Waals surface area contributed by atoms with Gasteiger partial charge < -0.3 is 20.1 Å². The van der Waals surface area contributed by atoms with Crippen LogP contribution in [-0.2, 0) is 6.42 Å². The van der Waals surface area contributed by atoms with Gasteiger partial charge in [-0.1, -0.05) is 17.7 Å². The third-order valence-electron chi connectivity index (χ3n) is 3.33. The highest BCUT2D eigenvalue weighted by Gasteiger charge is 2.07. The molecule has 0 heterocycles. The van der Waals surface area contributed by atoms with E-state index in [2.05, 4.69) is 10.6 Å². The van der Waals surface area contributed by atoms with E-state index in [0.29, 0.717) is 30.2 Å². The van der Waals surface area contributed by atoms with Crippen LogP contribution in [0.4, 0.5) is 14.9 Å². The molecule has 0 radical (unpaired) electrons. The second kappa shape index (κ2) is 8.40. The molecule has 0 aromatic heterocycles. The number of amides is 2. The van der Waals surface area contributed by atoms with Crippen LogP contribution in [0.3, 0.4) is 0 Å². The molecule has 0 fully saturated rings. The molecule has 2 N–H and O–H groups in total. The largest absolute Gasteiger partial charge is 0.493 e. The fourth-order valence-corrected chi connectivity index (χ4v) is 2.33. The molecule has 0 atom stereocenters. The standard InChI is InChI=1S/C17H18ClFN2O3/c1-23-15-6-3-11(9-16(15)24-2)7-8-20-17(22)21-14-5-4-12(19)10-13(14)18/h3-6,9-10H,7-8H2,1-2H3,(H2,20,21,22). The Morgan fingerprint density at radius 2 is 1.88 bits per heavy atom. The Labute approximate surface area is 144 Å². The molecule has 128 valence electrons. The quantitative estimate of drug-likeness (QED) is 0.830. The van der Waals surface area contributed by atoms with Crippen molar-refractivity contribution in [2.24, 2.45) is 0 Å². The molecule has 2 aromatic rings. The van der Waals surface area contributed by atoms with Gasteiger partial charge in [0, 0.05) is 6.54 Å². The highest BCUT2D eigenvalue weighted by molar-refractivity contribution is 6.33. The van der Waals surface area contributed by atoms with E-state index in [9.17, 15) is 9.18 Å². The molecule has 0 spiro atoms. The molecule has 0 saturated heterocycles. The lowest BCUT2D eigenvalue weighted by Crippen LogP contribution is -2.30. The van der Waals surface area contributed by atoms with E-state index >= 15 is 0 Å². The van der Waals surface area contributed by atoms with E-state index in [4.69, 9.17) is 21.1 Å². The minimum Gasteiger partial charge on any atom is -0.493 e. The highest BCUT2D eigenvalue weighted by Crippen LogP contribution is 2.27. The van der Waals surface area contributed by atoms with Gasteiger partial charge in [0.1, 0.15) is 5.82 Å². The monoisotopic (exact) mass is 352 g/mol. The third kappa shape index (κ3) is 4.76. The maximum atomic E-state index is 13.0. The van der Waals surface area contributed by atoms with Gasteiger partial charge in [0.25, 0.3) is 0 Å². The summed E-state index contributed by atoms with van der Waals surface area (Å²) in [6.45, 7) is 0.417. The SMILES string of the molecule is COc1ccc(CCNC(=O)Nc2ccc(F)cc2Cl)cc1OC. The molecular weight excluding hydrogens is 335 g/mol. The van der Waals surface area contributed by atoms with Crippen LogP contribution in [0.15, 0.2) is 36.4 Å². The molecule has 0 aliphatic heterocycles. The average molecular weight is 353 g/mol. The van der Waals surface area contributed by atoms with E-state index in [1.807, 2.05) is 18.2 Å². The fourth-order valence-electron chi connectivity index (χ4n) is 2.11. The van der Waals surface area contributed by atoms with Crippen molar-refractivity contribution >= 4 is 23.3 Å². The molecule has 0 aliphatic rings. The van der Waals surface area contributed by atoms with Crippen molar-refractivity contribution in [1.29, 1.82) is 0 Å². The van der Waals surface area contributed by atoms with Gasteiger partial charge in [-0.15, -0.1) is 0 Å². The van der Waals surface area contributed by atoms with Gasteiger partial charge in [-0.2, -0.15) is 0 Å². The van der Waals surface area contributed by atoms with E-state index in [1.54, 1.807) is 14.2 Å². The Hall–Kier alpha value is -2.47. The highest BCUT2D eigenvalue weighted by atomic mass is 35.5. The number of carbonyl (C=O) groups excluding carboxylic acids is 1. The summed E-state index contributed by atoms with van der Waals surface area (Å²) in [5, 5.41) is 5.43. The summed E-state index contributed by atoms with van der Waals surface area (Å²) in [5.41, 5.74) is 1.34. The van der Waals surface area contributed by atoms with Crippen molar-refractivity contribution in [1.82, 2.24) is 5.32 Å². The number of anilines is 1. The zero-order valence-corrected chi connectivity index (χ0v) is 14.1. The van der Waals surface area contributed by atoms with Crippen LogP contribution in [0, 0.1) is 5.82 Å². The number of urea groups is 1. The number of benzene rings is 2. The van der Waals surface area contributed by atoms with Crippen LogP contribution in [-0.4, -0.2) is 26.8 Å². The van der Waals surface area contributed by atoms with Crippen molar-refractivity contribution in [3.63, 3.8) is 0 Å². The molecule has 7 heteroatoms. The molecule has 2 rings (SSSR count). The van der Waals surface area contributed by atoms with Gasteiger partial charge >= 0.3 is 6.03 Å². The summed E-state index contributed by atoms with van der Waals surface area (Å²) in [6.07, 6.45) is 0.616. The van der Waals surface area contributed by atoms with Crippen LogP contribution >= 0.6 is 11.6 Å². The molecule has 0 bridgehead atoms. The summed E-state index contributed by atoms with van der Waals surface area (Å²) < 4.78 is 23.4. The summed E-state index contributed by atoms with van der Waals surface area (Å²) in [6, 6.07) is 8.93. The summed E-state index contributed by atoms with van der Waals surface area (Å²) in [5.74, 6) is 0.829. The number of carbonyl (C=O) groups is 1. The second-order valence-electron chi connectivity index (χ2n) is 4.94. The molecule has 2 amide bonds. The maximum absolute atomic E-state index is 13.0. The van der Waals surface area contributed by atoms with Crippen LogP contribution in [0.1, 0.15) is 5.56 Å². The molecular formula is C17H18ClFN2O3. The predicted octanol–water partition coefficient (Wildman–Crippen LogP) is 3.86. The number of halogens is 2. The van der Waals surface area contributed by atoms with Gasteiger partial charge in [-0.3, -0.25) is 0 Å². The second-order valence-corrected chi connectivity index (χ2v) is 5.35. The Balaban J connectivity index is 1.86. The number of nitrogens with one attached hydrogen (secondary N) is 2. The van der Waals surface area contributed by atoms with E-state index < -0.39 is 11.8 Å². The van der Waals surface area contributed by atoms with Crippen LogP contribution in [0.2, 0.25) is 5.02 Å². The number of rotatable bonds is 6. The predicted molar refractivity (Wildman–Crippen MR) is 91.7 cm³/mol. The van der Waals surface area contributed by atoms with Gasteiger partial charge in [-0.05, 0) is 42.3 Å². The number of hydrogen-bond donors (Lipinski definition) is 2. The minimum absolute atomic E-state index is 0.144. The lowest BCUT2D eigenvalue weighted by Gasteiger charge is -2.11. The smallest absolute Gasteiger partial charge is 0.319 e. The van der Waals surface area contributed by atoms with Crippen molar-refractivity contribution < 1.29 is 18.7 Å². The number of ether oxygens (including phenoxy) is 2. The normalized spacial score (nSPS) is 10.2. The van der Waals surface area contributed by atoms with Gasteiger partial charge in [0.15, 0.2) is 11.5 Å². The first-order chi connectivity index (χ1) is 11.5. The first-order valence-corrected chi connectivity index (χ1v) is 7.62. The van der Waals surface area contributed by atoms with Crippen LogP contribution < -0.4 is 20.1 Å². The van der Waals surface area contributed by atoms with E-state index in [0.717, 1.165) is 11.6 Å². The van der Waals surface area contributed by atoms with Crippen molar-refractivity contribution in [3.05, 3.63) is 52.8 Å². The molecule has 2 aromatic carbocycles. The summed E-state index contributed by atoms with van der Waals surface area (Å²) >= 11 is 5.86. The first kappa shape index (κ1) is 17.9. The van der Waals surface area contributed by atoms with Crippen molar-refractivity contribution in [2.75, 3.05) is 26.1 Å². The topological polar surface area (TPSA) is 59.6 Å².